The first-order valence-electron chi connectivity index (χ1n) is 9.80. The highest BCUT2D eigenvalue weighted by Crippen LogP contribution is 2.22. The van der Waals surface area contributed by atoms with E-state index in [0.29, 0.717) is 31.8 Å². The van der Waals surface area contributed by atoms with Gasteiger partial charge in [0.25, 0.3) is 0 Å². The average Bonchev–Trinajstić information content (AvgIpc) is 2.77. The zero-order valence-corrected chi connectivity index (χ0v) is 16.5. The molecule has 0 bridgehead atoms. The Balaban J connectivity index is 1.77. The van der Waals surface area contributed by atoms with Crippen LogP contribution in [-0.2, 0) is 13.1 Å². The second-order valence-electron chi connectivity index (χ2n) is 7.20. The summed E-state index contributed by atoms with van der Waals surface area (Å²) in [5.74, 6) is 0.0898. The van der Waals surface area contributed by atoms with Crippen molar-refractivity contribution < 1.29 is 18.3 Å². The zero-order chi connectivity index (χ0) is 20.6. The second kappa shape index (κ2) is 10.2. The molecule has 0 unspecified atom stereocenters. The summed E-state index contributed by atoms with van der Waals surface area (Å²) in [6.07, 6.45) is 0.665. The molecule has 29 heavy (non-hydrogen) atoms. The molecule has 5 nitrogen and oxygen atoms in total. The van der Waals surface area contributed by atoms with Crippen LogP contribution in [0.5, 0.6) is 5.75 Å². The number of piperidine rings is 1. The van der Waals surface area contributed by atoms with Crippen LogP contribution in [0.3, 0.4) is 0 Å². The van der Waals surface area contributed by atoms with Gasteiger partial charge in [-0.1, -0.05) is 30.3 Å². The van der Waals surface area contributed by atoms with Gasteiger partial charge in [-0.25, -0.2) is 9.18 Å². The summed E-state index contributed by atoms with van der Waals surface area (Å²) in [4.78, 5) is 14.8. The minimum atomic E-state index is -0.503. The highest BCUT2D eigenvalue weighted by atomic mass is 19.1. The molecule has 7 heteroatoms. The van der Waals surface area contributed by atoms with Gasteiger partial charge >= 0.3 is 6.03 Å². The third-order valence-corrected chi connectivity index (χ3v) is 5.32. The van der Waals surface area contributed by atoms with E-state index in [4.69, 9.17) is 4.74 Å². The van der Waals surface area contributed by atoms with Gasteiger partial charge < -0.3 is 20.3 Å². The summed E-state index contributed by atoms with van der Waals surface area (Å²) in [5.41, 5.74) is 1.66. The number of hydrogen-bond acceptors (Lipinski definition) is 3. The van der Waals surface area contributed by atoms with E-state index < -0.39 is 6.67 Å². The Labute approximate surface area is 170 Å². The van der Waals surface area contributed by atoms with Gasteiger partial charge in [0.1, 0.15) is 11.6 Å². The molecule has 2 atom stereocenters. The molecule has 156 valence electrons. The van der Waals surface area contributed by atoms with Crippen molar-refractivity contribution in [2.75, 3.05) is 26.9 Å². The van der Waals surface area contributed by atoms with Gasteiger partial charge in [0.15, 0.2) is 0 Å². The summed E-state index contributed by atoms with van der Waals surface area (Å²) >= 11 is 0. The van der Waals surface area contributed by atoms with Gasteiger partial charge in [-0.05, 0) is 36.7 Å². The maximum atomic E-state index is 13.6. The standard InChI is InChI=1S/C22H27F2N3O2/c1-29-21-5-3-2-4-17(21)14-26-22(28)27(15-16-6-8-19(24)9-7-16)20-10-11-25-13-18(20)12-23/h2-9,18,20,25H,10-15H2,1H3,(H,26,28)/t18-,20+/m1/s1. The van der Waals surface area contributed by atoms with Crippen molar-refractivity contribution in [3.63, 3.8) is 0 Å². The lowest BCUT2D eigenvalue weighted by atomic mass is 9.92. The highest BCUT2D eigenvalue weighted by molar-refractivity contribution is 5.74. The normalized spacial score (nSPS) is 18.9. The maximum absolute atomic E-state index is 13.6. The summed E-state index contributed by atoms with van der Waals surface area (Å²) in [7, 11) is 1.59. The van der Waals surface area contributed by atoms with E-state index in [1.807, 2.05) is 24.3 Å². The monoisotopic (exact) mass is 403 g/mol. The van der Waals surface area contributed by atoms with E-state index in [2.05, 4.69) is 10.6 Å². The fourth-order valence-electron chi connectivity index (χ4n) is 3.72. The quantitative estimate of drug-likeness (QED) is 0.744. The number of alkyl halides is 1. The second-order valence-corrected chi connectivity index (χ2v) is 7.20. The Morgan fingerprint density at radius 2 is 2.00 bits per heavy atom. The number of carbonyl (C=O) groups excluding carboxylic acids is 1. The number of rotatable bonds is 7. The Kier molecular flexibility index (Phi) is 7.41. The number of amides is 2. The fourth-order valence-corrected chi connectivity index (χ4v) is 3.72. The number of benzene rings is 2. The van der Waals surface area contributed by atoms with Crippen LogP contribution in [0.1, 0.15) is 17.5 Å². The first-order valence-corrected chi connectivity index (χ1v) is 9.80. The predicted octanol–water partition coefficient (Wildman–Crippen LogP) is 3.49. The van der Waals surface area contributed by atoms with Crippen molar-refractivity contribution in [3.8, 4) is 5.75 Å². The molecule has 0 aromatic heterocycles. The minimum absolute atomic E-state index is 0.232. The molecule has 2 aromatic rings. The Morgan fingerprint density at radius 3 is 2.72 bits per heavy atom. The molecule has 0 radical (unpaired) electrons. The Bertz CT molecular complexity index is 801. The summed E-state index contributed by atoms with van der Waals surface area (Å²) < 4.78 is 32.2. The number of carbonyl (C=O) groups is 1. The van der Waals surface area contributed by atoms with Crippen molar-refractivity contribution >= 4 is 6.03 Å². The van der Waals surface area contributed by atoms with E-state index in [0.717, 1.165) is 17.7 Å². The first kappa shape index (κ1) is 21.0. The first-order chi connectivity index (χ1) is 14.1. The van der Waals surface area contributed by atoms with Crippen LogP contribution >= 0.6 is 0 Å². The van der Waals surface area contributed by atoms with E-state index in [1.165, 1.54) is 12.1 Å². The van der Waals surface area contributed by atoms with Gasteiger partial charge in [0, 0.05) is 37.2 Å². The smallest absolute Gasteiger partial charge is 0.318 e. The average molecular weight is 403 g/mol. The third kappa shape index (κ3) is 5.44. The molecule has 2 aromatic carbocycles. The number of methoxy groups -OCH3 is 1. The number of urea groups is 1. The summed E-state index contributed by atoms with van der Waals surface area (Å²) in [6, 6.07) is 13.0. The van der Waals surface area contributed by atoms with Crippen LogP contribution in [0.4, 0.5) is 13.6 Å². The molecule has 0 aliphatic carbocycles. The SMILES string of the molecule is COc1ccccc1CNC(=O)N(Cc1ccc(F)cc1)[C@H]1CCNC[C@H]1CF. The summed E-state index contributed by atoms with van der Waals surface area (Å²) in [6.45, 7) is 1.34. The lowest BCUT2D eigenvalue weighted by Crippen LogP contribution is -2.54. The number of nitrogens with zero attached hydrogens (tertiary/aromatic N) is 1. The van der Waals surface area contributed by atoms with E-state index >= 15 is 0 Å². The van der Waals surface area contributed by atoms with Crippen LogP contribution < -0.4 is 15.4 Å². The molecule has 2 N–H and O–H groups in total. The van der Waals surface area contributed by atoms with Crippen LogP contribution in [0.15, 0.2) is 48.5 Å². The van der Waals surface area contributed by atoms with Crippen molar-refractivity contribution in [3.05, 3.63) is 65.5 Å². The molecule has 1 fully saturated rings. The van der Waals surface area contributed by atoms with Crippen molar-refractivity contribution in [1.82, 2.24) is 15.5 Å². The number of ether oxygens (including phenoxy) is 1. The molecular weight excluding hydrogens is 376 g/mol. The van der Waals surface area contributed by atoms with E-state index in [1.54, 1.807) is 24.1 Å². The molecule has 1 saturated heterocycles. The van der Waals surface area contributed by atoms with Crippen LogP contribution in [0, 0.1) is 11.7 Å². The number of para-hydroxylation sites is 1. The fraction of sp³-hybridized carbons (Fsp3) is 0.409. The van der Waals surface area contributed by atoms with Crippen LogP contribution in [0.2, 0.25) is 0 Å². The molecule has 0 saturated carbocycles. The van der Waals surface area contributed by atoms with Gasteiger partial charge in [-0.15, -0.1) is 0 Å². The molecule has 0 spiro atoms. The van der Waals surface area contributed by atoms with Crippen molar-refractivity contribution in [1.29, 1.82) is 0 Å². The van der Waals surface area contributed by atoms with E-state index in [9.17, 15) is 13.6 Å². The molecular formula is C22H27F2N3O2. The minimum Gasteiger partial charge on any atom is -0.496 e. The molecule has 1 aliphatic heterocycles. The molecule has 2 amide bonds. The zero-order valence-electron chi connectivity index (χ0n) is 16.5. The van der Waals surface area contributed by atoms with Gasteiger partial charge in [0.2, 0.25) is 0 Å². The molecule has 1 heterocycles. The molecule has 1 aliphatic rings. The third-order valence-electron chi connectivity index (χ3n) is 5.32. The van der Waals surface area contributed by atoms with Gasteiger partial charge in [-0.2, -0.15) is 0 Å². The van der Waals surface area contributed by atoms with Gasteiger partial charge in [-0.3, -0.25) is 4.39 Å². The topological polar surface area (TPSA) is 53.6 Å². The number of hydrogen-bond donors (Lipinski definition) is 2. The van der Waals surface area contributed by atoms with Crippen LogP contribution in [0.25, 0.3) is 0 Å². The largest absolute Gasteiger partial charge is 0.496 e. The Hall–Kier alpha value is -2.67. The lowest BCUT2D eigenvalue weighted by molar-refractivity contribution is 0.108. The highest BCUT2D eigenvalue weighted by Gasteiger charge is 2.33. The number of nitrogens with one attached hydrogen (secondary N) is 2. The molecule has 3 rings (SSSR count). The maximum Gasteiger partial charge on any atom is 0.318 e. The van der Waals surface area contributed by atoms with Crippen molar-refractivity contribution in [2.24, 2.45) is 5.92 Å². The van der Waals surface area contributed by atoms with Crippen molar-refractivity contribution in [2.45, 2.75) is 25.6 Å². The van der Waals surface area contributed by atoms with E-state index in [-0.39, 0.29) is 23.8 Å². The Morgan fingerprint density at radius 1 is 1.24 bits per heavy atom. The predicted molar refractivity (Wildman–Crippen MR) is 108 cm³/mol. The van der Waals surface area contributed by atoms with Gasteiger partial charge in [0.05, 0.1) is 13.8 Å². The summed E-state index contributed by atoms with van der Waals surface area (Å²) in [5, 5.41) is 6.13. The lowest BCUT2D eigenvalue weighted by Gasteiger charge is -2.39. The number of halogens is 2. The van der Waals surface area contributed by atoms with Crippen LogP contribution in [-0.4, -0.2) is 43.8 Å².